The summed E-state index contributed by atoms with van der Waals surface area (Å²) in [5.41, 5.74) is 2.28. The lowest BCUT2D eigenvalue weighted by Crippen LogP contribution is -2.28. The number of hydrogen-bond donors (Lipinski definition) is 2. The zero-order valence-corrected chi connectivity index (χ0v) is 18.1. The molecule has 4 rings (SSSR count). The smallest absolute Gasteiger partial charge is 0.243 e. The van der Waals surface area contributed by atoms with E-state index in [9.17, 15) is 8.42 Å². The monoisotopic (exact) mass is 442 g/mol. The third-order valence-electron chi connectivity index (χ3n) is 5.04. The van der Waals surface area contributed by atoms with E-state index in [0.29, 0.717) is 12.4 Å². The van der Waals surface area contributed by atoms with Gasteiger partial charge in [0, 0.05) is 37.9 Å². The van der Waals surface area contributed by atoms with E-state index in [0.717, 1.165) is 24.3 Å². The molecule has 1 unspecified atom stereocenters. The molecule has 2 N–H and O–H groups in total. The van der Waals surface area contributed by atoms with E-state index in [2.05, 4.69) is 27.3 Å². The molecule has 31 heavy (non-hydrogen) atoms. The Hall–Kier alpha value is -2.88. The van der Waals surface area contributed by atoms with Gasteiger partial charge >= 0.3 is 0 Å². The van der Waals surface area contributed by atoms with Crippen LogP contribution >= 0.6 is 0 Å². The Morgan fingerprint density at radius 1 is 1.26 bits per heavy atom. The van der Waals surface area contributed by atoms with E-state index >= 15 is 0 Å². The van der Waals surface area contributed by atoms with Crippen molar-refractivity contribution < 1.29 is 17.9 Å². The highest BCUT2D eigenvalue weighted by atomic mass is 32.2. The molecular weight excluding hydrogens is 416 g/mol. The van der Waals surface area contributed by atoms with Crippen LogP contribution in [0.2, 0.25) is 0 Å². The fourth-order valence-corrected chi connectivity index (χ4v) is 4.52. The van der Waals surface area contributed by atoms with Gasteiger partial charge in [-0.05, 0) is 30.2 Å². The molecule has 0 fully saturated rings. The van der Waals surface area contributed by atoms with E-state index in [1.165, 1.54) is 22.6 Å². The first-order chi connectivity index (χ1) is 15.0. The number of benzene rings is 2. The van der Waals surface area contributed by atoms with Gasteiger partial charge in [-0.2, -0.15) is 5.10 Å². The Labute approximate surface area is 182 Å². The summed E-state index contributed by atoms with van der Waals surface area (Å²) in [6, 6.07) is 16.1. The van der Waals surface area contributed by atoms with Gasteiger partial charge < -0.3 is 14.8 Å². The standard InChI is InChI=1S/C22H26N4O4S/c1-26-16-19(15-24-26)31(27,28)25-10-12-29-18-7-8-22-20(14-18)21(23-9-11-30-22)13-17-5-3-2-4-6-17/h2-8,14-16,21,23,25H,9-13H2,1H3. The minimum absolute atomic E-state index is 0.104. The van der Waals surface area contributed by atoms with Gasteiger partial charge in [0.05, 0.1) is 6.20 Å². The first-order valence-corrected chi connectivity index (χ1v) is 11.6. The van der Waals surface area contributed by atoms with Crippen molar-refractivity contribution in [2.45, 2.75) is 17.4 Å². The van der Waals surface area contributed by atoms with Crippen LogP contribution in [0.15, 0.2) is 65.8 Å². The molecule has 2 heterocycles. The number of aromatic nitrogens is 2. The maximum Gasteiger partial charge on any atom is 0.243 e. The van der Waals surface area contributed by atoms with Crippen LogP contribution in [-0.4, -0.2) is 44.5 Å². The average molecular weight is 443 g/mol. The molecule has 0 bridgehead atoms. The molecule has 8 nitrogen and oxygen atoms in total. The Morgan fingerprint density at radius 3 is 2.87 bits per heavy atom. The number of nitrogens with one attached hydrogen (secondary N) is 2. The van der Waals surface area contributed by atoms with Crippen molar-refractivity contribution in [3.8, 4) is 11.5 Å². The van der Waals surface area contributed by atoms with Gasteiger partial charge in [-0.15, -0.1) is 0 Å². The highest BCUT2D eigenvalue weighted by Gasteiger charge is 2.21. The third-order valence-corrected chi connectivity index (χ3v) is 6.46. The van der Waals surface area contributed by atoms with Gasteiger partial charge in [0.1, 0.15) is 29.6 Å². The summed E-state index contributed by atoms with van der Waals surface area (Å²) >= 11 is 0. The summed E-state index contributed by atoms with van der Waals surface area (Å²) in [5.74, 6) is 1.51. The van der Waals surface area contributed by atoms with Crippen molar-refractivity contribution in [3.63, 3.8) is 0 Å². The molecule has 0 saturated carbocycles. The minimum Gasteiger partial charge on any atom is -0.492 e. The van der Waals surface area contributed by atoms with Gasteiger partial charge in [-0.1, -0.05) is 30.3 Å². The summed E-state index contributed by atoms with van der Waals surface area (Å²) < 4.78 is 40.2. The van der Waals surface area contributed by atoms with Crippen LogP contribution in [0.3, 0.4) is 0 Å². The molecule has 1 aromatic heterocycles. The number of ether oxygens (including phenoxy) is 2. The molecule has 0 spiro atoms. The quantitative estimate of drug-likeness (QED) is 0.519. The molecule has 1 aliphatic heterocycles. The number of rotatable bonds is 8. The van der Waals surface area contributed by atoms with E-state index in [1.54, 1.807) is 7.05 Å². The van der Waals surface area contributed by atoms with Crippen LogP contribution in [0.25, 0.3) is 0 Å². The second-order valence-corrected chi connectivity index (χ2v) is 9.11. The van der Waals surface area contributed by atoms with Crippen molar-refractivity contribution in [2.24, 2.45) is 7.05 Å². The predicted octanol–water partition coefficient (Wildman–Crippen LogP) is 2.04. The van der Waals surface area contributed by atoms with Crippen LogP contribution in [0.1, 0.15) is 17.2 Å². The fraction of sp³-hybridized carbons (Fsp3) is 0.318. The Balaban J connectivity index is 1.39. The molecule has 0 aliphatic carbocycles. The number of fused-ring (bicyclic) bond motifs is 1. The van der Waals surface area contributed by atoms with E-state index < -0.39 is 10.0 Å². The molecule has 2 aromatic carbocycles. The largest absolute Gasteiger partial charge is 0.492 e. The van der Waals surface area contributed by atoms with Crippen molar-refractivity contribution in [1.82, 2.24) is 19.8 Å². The van der Waals surface area contributed by atoms with Crippen LogP contribution in [0.5, 0.6) is 11.5 Å². The number of hydrogen-bond acceptors (Lipinski definition) is 6. The zero-order chi connectivity index (χ0) is 21.7. The Kier molecular flexibility index (Phi) is 6.55. The maximum absolute atomic E-state index is 12.3. The number of nitrogens with zero attached hydrogens (tertiary/aromatic N) is 2. The number of sulfonamides is 1. The van der Waals surface area contributed by atoms with E-state index in [-0.39, 0.29) is 24.1 Å². The first-order valence-electron chi connectivity index (χ1n) is 10.2. The molecule has 0 saturated heterocycles. The highest BCUT2D eigenvalue weighted by molar-refractivity contribution is 7.89. The Morgan fingerprint density at radius 2 is 2.10 bits per heavy atom. The van der Waals surface area contributed by atoms with Crippen LogP contribution in [0, 0.1) is 0 Å². The summed E-state index contributed by atoms with van der Waals surface area (Å²) in [7, 11) is -1.93. The lowest BCUT2D eigenvalue weighted by atomic mass is 9.98. The van der Waals surface area contributed by atoms with Gasteiger partial charge in [0.15, 0.2) is 0 Å². The molecule has 3 aromatic rings. The lowest BCUT2D eigenvalue weighted by molar-refractivity contribution is 0.316. The van der Waals surface area contributed by atoms with Crippen LogP contribution in [-0.2, 0) is 23.5 Å². The summed E-state index contributed by atoms with van der Waals surface area (Å²) in [6.45, 7) is 1.72. The second-order valence-electron chi connectivity index (χ2n) is 7.34. The fourth-order valence-electron chi connectivity index (χ4n) is 3.52. The summed E-state index contributed by atoms with van der Waals surface area (Å²) in [5, 5.41) is 7.43. The lowest BCUT2D eigenvalue weighted by Gasteiger charge is -2.19. The van der Waals surface area contributed by atoms with Crippen LogP contribution in [0.4, 0.5) is 0 Å². The highest BCUT2D eigenvalue weighted by Crippen LogP contribution is 2.33. The van der Waals surface area contributed by atoms with Crippen molar-refractivity contribution in [2.75, 3.05) is 26.3 Å². The molecule has 0 radical (unpaired) electrons. The molecule has 1 atom stereocenters. The van der Waals surface area contributed by atoms with E-state index in [4.69, 9.17) is 9.47 Å². The van der Waals surface area contributed by atoms with Crippen molar-refractivity contribution >= 4 is 10.0 Å². The summed E-state index contributed by atoms with van der Waals surface area (Å²) in [6.07, 6.45) is 3.61. The second kappa shape index (κ2) is 9.51. The van der Waals surface area contributed by atoms with Crippen LogP contribution < -0.4 is 19.5 Å². The Bertz CT molecular complexity index is 1120. The van der Waals surface area contributed by atoms with Crippen molar-refractivity contribution in [1.29, 1.82) is 0 Å². The SMILES string of the molecule is Cn1cc(S(=O)(=O)NCCOc2ccc3c(c2)C(Cc2ccccc2)NCCO3)cn1. The molecule has 1 aliphatic rings. The zero-order valence-electron chi connectivity index (χ0n) is 17.3. The first kappa shape index (κ1) is 21.4. The number of aryl methyl sites for hydroxylation is 1. The molecule has 164 valence electrons. The van der Waals surface area contributed by atoms with Gasteiger partial charge in [-0.25, -0.2) is 13.1 Å². The van der Waals surface area contributed by atoms with Gasteiger partial charge in [0.25, 0.3) is 0 Å². The molecular formula is C22H26N4O4S. The van der Waals surface area contributed by atoms with E-state index in [1.807, 2.05) is 36.4 Å². The van der Waals surface area contributed by atoms with Gasteiger partial charge in [-0.3, -0.25) is 4.68 Å². The average Bonchev–Trinajstić information content (AvgIpc) is 3.12. The maximum atomic E-state index is 12.3. The minimum atomic E-state index is -3.60. The summed E-state index contributed by atoms with van der Waals surface area (Å²) in [4.78, 5) is 0.131. The molecule has 0 amide bonds. The third kappa shape index (κ3) is 5.43. The topological polar surface area (TPSA) is 94.5 Å². The normalized spacial score (nSPS) is 16.2. The van der Waals surface area contributed by atoms with Crippen molar-refractivity contribution in [3.05, 3.63) is 72.1 Å². The molecule has 9 heteroatoms. The van der Waals surface area contributed by atoms with Gasteiger partial charge in [0.2, 0.25) is 10.0 Å². The predicted molar refractivity (Wildman–Crippen MR) is 117 cm³/mol.